The maximum Gasteiger partial charge on any atom is 0.0471 e. The van der Waals surface area contributed by atoms with Gasteiger partial charge in [0.2, 0.25) is 0 Å². The first kappa shape index (κ1) is 12.4. The fraction of sp³-hybridized carbons (Fsp3) is 0.143. The van der Waals surface area contributed by atoms with Crippen molar-refractivity contribution in [2.24, 2.45) is 0 Å². The zero-order chi connectivity index (χ0) is 12.3. The van der Waals surface area contributed by atoms with Gasteiger partial charge in [0.05, 0.1) is 0 Å². The van der Waals surface area contributed by atoms with Gasteiger partial charge in [-0.1, -0.05) is 41.4 Å². The van der Waals surface area contributed by atoms with Crippen molar-refractivity contribution in [1.29, 1.82) is 0 Å². The normalized spacial score (nSPS) is 10.5. The van der Waals surface area contributed by atoms with Crippen LogP contribution in [0.3, 0.4) is 0 Å². The van der Waals surface area contributed by atoms with E-state index in [9.17, 15) is 0 Å². The molecule has 2 rings (SSSR count). The smallest absolute Gasteiger partial charge is 0.0471 e. The van der Waals surface area contributed by atoms with Crippen LogP contribution in [0.1, 0.15) is 5.56 Å². The van der Waals surface area contributed by atoms with Crippen molar-refractivity contribution in [2.45, 2.75) is 6.42 Å². The topological polar surface area (TPSA) is 20.2 Å². The van der Waals surface area contributed by atoms with E-state index in [-0.39, 0.29) is 6.61 Å². The van der Waals surface area contributed by atoms with Crippen molar-refractivity contribution < 1.29 is 5.11 Å². The van der Waals surface area contributed by atoms with Crippen molar-refractivity contribution in [1.82, 2.24) is 0 Å². The van der Waals surface area contributed by atoms with Gasteiger partial charge in [-0.05, 0) is 47.4 Å². The van der Waals surface area contributed by atoms with Crippen molar-refractivity contribution >= 4 is 23.2 Å². The Hall–Kier alpha value is -1.02. The molecule has 0 aliphatic carbocycles. The molecule has 3 heteroatoms. The van der Waals surface area contributed by atoms with Crippen LogP contribution in [0.15, 0.2) is 42.5 Å². The number of hydrogen-bond donors (Lipinski definition) is 1. The van der Waals surface area contributed by atoms with E-state index < -0.39 is 0 Å². The molecule has 0 fully saturated rings. The van der Waals surface area contributed by atoms with Gasteiger partial charge in [-0.2, -0.15) is 0 Å². The Morgan fingerprint density at radius 1 is 0.941 bits per heavy atom. The Balaban J connectivity index is 2.42. The Kier molecular flexibility index (Phi) is 4.06. The summed E-state index contributed by atoms with van der Waals surface area (Å²) in [6.07, 6.45) is 0.563. The first-order chi connectivity index (χ1) is 8.20. The van der Waals surface area contributed by atoms with Gasteiger partial charge in [-0.15, -0.1) is 0 Å². The molecule has 1 N–H and O–H groups in total. The van der Waals surface area contributed by atoms with Crippen LogP contribution in [0.4, 0.5) is 0 Å². The minimum Gasteiger partial charge on any atom is -0.396 e. The third kappa shape index (κ3) is 3.01. The molecular formula is C14H12Cl2O. The molecule has 0 unspecified atom stereocenters. The number of hydrogen-bond acceptors (Lipinski definition) is 1. The molecule has 2 aromatic carbocycles. The zero-order valence-electron chi connectivity index (χ0n) is 9.16. The molecule has 0 saturated heterocycles. The van der Waals surface area contributed by atoms with Gasteiger partial charge in [-0.25, -0.2) is 0 Å². The largest absolute Gasteiger partial charge is 0.396 e. The summed E-state index contributed by atoms with van der Waals surface area (Å²) in [5.41, 5.74) is 3.06. The number of benzene rings is 2. The molecule has 0 saturated carbocycles. The highest BCUT2D eigenvalue weighted by Crippen LogP contribution is 2.27. The van der Waals surface area contributed by atoms with Gasteiger partial charge in [0.1, 0.15) is 0 Å². The molecule has 0 amide bonds. The average molecular weight is 267 g/mol. The Morgan fingerprint density at radius 2 is 1.71 bits per heavy atom. The molecule has 0 radical (unpaired) electrons. The number of halogens is 2. The van der Waals surface area contributed by atoms with E-state index in [0.29, 0.717) is 16.5 Å². The molecule has 0 spiro atoms. The standard InChI is InChI=1S/C14H12Cl2O/c15-13-3-1-2-10(9-13)11-4-5-14(16)12(8-11)6-7-17/h1-5,8-9,17H,6-7H2. The van der Waals surface area contributed by atoms with Crippen molar-refractivity contribution in [3.8, 4) is 11.1 Å². The van der Waals surface area contributed by atoms with Crippen LogP contribution in [0.2, 0.25) is 10.0 Å². The van der Waals surface area contributed by atoms with Crippen molar-refractivity contribution in [2.75, 3.05) is 6.61 Å². The minimum atomic E-state index is 0.0960. The fourth-order valence-electron chi connectivity index (χ4n) is 1.73. The fourth-order valence-corrected chi connectivity index (χ4v) is 2.14. The maximum atomic E-state index is 8.97. The summed E-state index contributed by atoms with van der Waals surface area (Å²) in [7, 11) is 0. The zero-order valence-corrected chi connectivity index (χ0v) is 10.7. The molecule has 17 heavy (non-hydrogen) atoms. The van der Waals surface area contributed by atoms with Crippen molar-refractivity contribution in [3.05, 3.63) is 58.1 Å². The van der Waals surface area contributed by atoms with Crippen LogP contribution in [0, 0.1) is 0 Å². The molecule has 0 heterocycles. The summed E-state index contributed by atoms with van der Waals surface area (Å²) in [5, 5.41) is 10.4. The molecule has 88 valence electrons. The quantitative estimate of drug-likeness (QED) is 0.883. The van der Waals surface area contributed by atoms with Gasteiger partial charge >= 0.3 is 0 Å². The van der Waals surface area contributed by atoms with E-state index in [2.05, 4.69) is 0 Å². The lowest BCUT2D eigenvalue weighted by molar-refractivity contribution is 0.299. The predicted molar refractivity (Wildman–Crippen MR) is 72.7 cm³/mol. The predicted octanol–water partition coefficient (Wildman–Crippen LogP) is 4.20. The second kappa shape index (κ2) is 5.54. The van der Waals surface area contributed by atoms with E-state index in [0.717, 1.165) is 16.7 Å². The Bertz CT molecular complexity index is 523. The molecule has 0 aliphatic rings. The third-order valence-corrected chi connectivity index (χ3v) is 3.19. The van der Waals surface area contributed by atoms with Gasteiger partial charge in [0, 0.05) is 16.7 Å². The molecule has 0 aromatic heterocycles. The molecular weight excluding hydrogens is 255 g/mol. The maximum absolute atomic E-state index is 8.97. The van der Waals surface area contributed by atoms with Gasteiger partial charge in [0.15, 0.2) is 0 Å². The lowest BCUT2D eigenvalue weighted by Crippen LogP contribution is -1.92. The van der Waals surface area contributed by atoms with Gasteiger partial charge < -0.3 is 5.11 Å². The highest BCUT2D eigenvalue weighted by atomic mass is 35.5. The second-order valence-electron chi connectivity index (χ2n) is 3.79. The van der Waals surface area contributed by atoms with Gasteiger partial charge in [-0.3, -0.25) is 0 Å². The Labute approximate surface area is 111 Å². The average Bonchev–Trinajstić information content (AvgIpc) is 2.32. The summed E-state index contributed by atoms with van der Waals surface area (Å²) in [6.45, 7) is 0.0960. The summed E-state index contributed by atoms with van der Waals surface area (Å²) in [5.74, 6) is 0. The first-order valence-corrected chi connectivity index (χ1v) is 6.11. The lowest BCUT2D eigenvalue weighted by atomic mass is 10.0. The Morgan fingerprint density at radius 3 is 2.41 bits per heavy atom. The van der Waals surface area contributed by atoms with Crippen molar-refractivity contribution in [3.63, 3.8) is 0 Å². The SMILES string of the molecule is OCCc1cc(-c2cccc(Cl)c2)ccc1Cl. The second-order valence-corrected chi connectivity index (χ2v) is 4.63. The summed E-state index contributed by atoms with van der Waals surface area (Å²) >= 11 is 12.0. The van der Waals surface area contributed by atoms with Crippen LogP contribution in [0.25, 0.3) is 11.1 Å². The van der Waals surface area contributed by atoms with Crippen LogP contribution < -0.4 is 0 Å². The monoisotopic (exact) mass is 266 g/mol. The van der Waals surface area contributed by atoms with Crippen LogP contribution in [-0.2, 0) is 6.42 Å². The van der Waals surface area contributed by atoms with E-state index in [4.69, 9.17) is 28.3 Å². The first-order valence-electron chi connectivity index (χ1n) is 5.36. The molecule has 2 aromatic rings. The molecule has 0 atom stereocenters. The minimum absolute atomic E-state index is 0.0960. The number of rotatable bonds is 3. The summed E-state index contributed by atoms with van der Waals surface area (Å²) in [4.78, 5) is 0. The third-order valence-electron chi connectivity index (χ3n) is 2.58. The van der Waals surface area contributed by atoms with E-state index in [1.807, 2.05) is 42.5 Å². The highest BCUT2D eigenvalue weighted by molar-refractivity contribution is 6.31. The summed E-state index contributed by atoms with van der Waals surface area (Å²) < 4.78 is 0. The number of aliphatic hydroxyl groups is 1. The van der Waals surface area contributed by atoms with E-state index in [1.54, 1.807) is 0 Å². The van der Waals surface area contributed by atoms with E-state index in [1.165, 1.54) is 0 Å². The van der Waals surface area contributed by atoms with Crippen LogP contribution >= 0.6 is 23.2 Å². The lowest BCUT2D eigenvalue weighted by Gasteiger charge is -2.07. The van der Waals surface area contributed by atoms with E-state index >= 15 is 0 Å². The summed E-state index contributed by atoms with van der Waals surface area (Å²) in [6, 6.07) is 13.5. The van der Waals surface area contributed by atoms with Crippen LogP contribution in [-0.4, -0.2) is 11.7 Å². The van der Waals surface area contributed by atoms with Crippen LogP contribution in [0.5, 0.6) is 0 Å². The molecule has 0 bridgehead atoms. The molecule has 1 nitrogen and oxygen atoms in total. The van der Waals surface area contributed by atoms with Gasteiger partial charge in [0.25, 0.3) is 0 Å². The highest BCUT2D eigenvalue weighted by Gasteiger charge is 2.04. The number of aliphatic hydroxyl groups excluding tert-OH is 1. The molecule has 0 aliphatic heterocycles.